The van der Waals surface area contributed by atoms with Gasteiger partial charge < -0.3 is 9.47 Å². The zero-order chi connectivity index (χ0) is 21.6. The number of amides is 3. The second kappa shape index (κ2) is 9.83. The quantitative estimate of drug-likeness (QED) is 0.580. The van der Waals surface area contributed by atoms with Crippen LogP contribution in [0.1, 0.15) is 18.4 Å². The van der Waals surface area contributed by atoms with E-state index in [1.807, 2.05) is 36.4 Å². The fourth-order valence-corrected chi connectivity index (χ4v) is 4.08. The van der Waals surface area contributed by atoms with Gasteiger partial charge >= 0.3 is 6.03 Å². The Hall–Kier alpha value is -3.06. The number of carbonyl (C=O) groups is 2. The van der Waals surface area contributed by atoms with E-state index in [4.69, 9.17) is 9.47 Å². The minimum absolute atomic E-state index is 0.0337. The third-order valence-electron chi connectivity index (χ3n) is 5.85. The number of benzene rings is 2. The maximum atomic E-state index is 12.9. The van der Waals surface area contributed by atoms with Gasteiger partial charge in [-0.25, -0.2) is 4.79 Å². The van der Waals surface area contributed by atoms with Crippen molar-refractivity contribution in [3.8, 4) is 11.5 Å². The molecule has 2 aliphatic rings. The van der Waals surface area contributed by atoms with Gasteiger partial charge in [0.15, 0.2) is 11.5 Å². The van der Waals surface area contributed by atoms with Crippen LogP contribution in [0, 0.1) is 0 Å². The highest BCUT2D eigenvalue weighted by molar-refractivity contribution is 6.12. The van der Waals surface area contributed by atoms with E-state index in [-0.39, 0.29) is 18.5 Å². The van der Waals surface area contributed by atoms with Gasteiger partial charge in [-0.1, -0.05) is 30.3 Å². The van der Waals surface area contributed by atoms with Crippen LogP contribution in [0.2, 0.25) is 0 Å². The first-order valence-corrected chi connectivity index (χ1v) is 10.8. The standard InChI is InChI=1S/C24H29N3O4/c1-30-22-17-20(9-10-21(22)31-16-15-25-12-5-6-13-25)27-18-23(28)26(24(27)29)14-11-19-7-3-2-4-8-19/h2-4,7-10,17H,5-6,11-16,18H2,1H3. The molecule has 7 nitrogen and oxygen atoms in total. The van der Waals surface area contributed by atoms with E-state index in [2.05, 4.69) is 4.90 Å². The van der Waals surface area contributed by atoms with Crippen LogP contribution >= 0.6 is 0 Å². The van der Waals surface area contributed by atoms with Gasteiger partial charge in [-0.15, -0.1) is 0 Å². The normalized spacial score (nSPS) is 16.9. The van der Waals surface area contributed by atoms with Crippen LogP contribution in [0.25, 0.3) is 0 Å². The Balaban J connectivity index is 1.38. The summed E-state index contributed by atoms with van der Waals surface area (Å²) < 4.78 is 11.4. The summed E-state index contributed by atoms with van der Waals surface area (Å²) in [5.41, 5.74) is 1.72. The lowest BCUT2D eigenvalue weighted by Crippen LogP contribution is -2.34. The molecule has 31 heavy (non-hydrogen) atoms. The van der Waals surface area contributed by atoms with Gasteiger partial charge in [0.1, 0.15) is 13.2 Å². The molecule has 2 aromatic carbocycles. The lowest BCUT2D eigenvalue weighted by Gasteiger charge is -2.20. The average molecular weight is 424 g/mol. The van der Waals surface area contributed by atoms with Gasteiger partial charge in [0.2, 0.25) is 0 Å². The summed E-state index contributed by atoms with van der Waals surface area (Å²) in [5.74, 6) is 1.01. The summed E-state index contributed by atoms with van der Waals surface area (Å²) in [6, 6.07) is 14.9. The molecule has 0 radical (unpaired) electrons. The van der Waals surface area contributed by atoms with Gasteiger partial charge in [-0.2, -0.15) is 0 Å². The Morgan fingerprint density at radius 3 is 2.45 bits per heavy atom. The Morgan fingerprint density at radius 1 is 0.935 bits per heavy atom. The topological polar surface area (TPSA) is 62.3 Å². The van der Waals surface area contributed by atoms with Crippen molar-refractivity contribution in [3.63, 3.8) is 0 Å². The molecule has 0 bridgehead atoms. The maximum absolute atomic E-state index is 12.9. The predicted octanol–water partition coefficient (Wildman–Crippen LogP) is 3.18. The Bertz CT molecular complexity index is 912. The molecule has 164 valence electrons. The van der Waals surface area contributed by atoms with Crippen LogP contribution in [0.5, 0.6) is 11.5 Å². The molecule has 2 saturated heterocycles. The number of likely N-dealkylation sites (tertiary alicyclic amines) is 1. The number of rotatable bonds is 9. The van der Waals surface area contributed by atoms with E-state index in [9.17, 15) is 9.59 Å². The zero-order valence-electron chi connectivity index (χ0n) is 18.0. The second-order valence-corrected chi connectivity index (χ2v) is 7.88. The molecule has 0 saturated carbocycles. The van der Waals surface area contributed by atoms with Crippen LogP contribution in [-0.4, -0.2) is 68.2 Å². The van der Waals surface area contributed by atoms with Gasteiger partial charge in [0, 0.05) is 24.8 Å². The first-order chi connectivity index (χ1) is 15.2. The molecule has 0 unspecified atom stereocenters. The van der Waals surface area contributed by atoms with Gasteiger partial charge in [0.25, 0.3) is 5.91 Å². The van der Waals surface area contributed by atoms with E-state index < -0.39 is 0 Å². The second-order valence-electron chi connectivity index (χ2n) is 7.88. The van der Waals surface area contributed by atoms with Gasteiger partial charge in [-0.05, 0) is 50.0 Å². The van der Waals surface area contributed by atoms with Crippen molar-refractivity contribution in [2.45, 2.75) is 19.3 Å². The van der Waals surface area contributed by atoms with Crippen molar-refractivity contribution in [1.29, 1.82) is 0 Å². The molecule has 0 aliphatic carbocycles. The molecule has 0 N–H and O–H groups in total. The minimum atomic E-state index is -0.300. The van der Waals surface area contributed by atoms with Crippen LogP contribution < -0.4 is 14.4 Å². The number of methoxy groups -OCH3 is 1. The SMILES string of the molecule is COc1cc(N2CC(=O)N(CCc3ccccc3)C2=O)ccc1OCCN1CCCC1. The third kappa shape index (κ3) is 4.99. The summed E-state index contributed by atoms with van der Waals surface area (Å²) >= 11 is 0. The summed E-state index contributed by atoms with van der Waals surface area (Å²) in [7, 11) is 1.58. The lowest BCUT2D eigenvalue weighted by molar-refractivity contribution is -0.124. The van der Waals surface area contributed by atoms with Crippen molar-refractivity contribution in [1.82, 2.24) is 9.80 Å². The summed E-state index contributed by atoms with van der Waals surface area (Å²) in [6.45, 7) is 4.14. The van der Waals surface area contributed by atoms with E-state index in [0.717, 1.165) is 25.2 Å². The molecule has 2 heterocycles. The Labute approximate surface area is 183 Å². The summed E-state index contributed by atoms with van der Waals surface area (Å²) in [4.78, 5) is 30.6. The highest BCUT2D eigenvalue weighted by atomic mass is 16.5. The smallest absolute Gasteiger partial charge is 0.331 e. The number of imide groups is 1. The molecule has 2 fully saturated rings. The van der Waals surface area contributed by atoms with Crippen molar-refractivity contribution in [2.24, 2.45) is 0 Å². The monoisotopic (exact) mass is 423 g/mol. The van der Waals surface area contributed by atoms with E-state index in [1.54, 1.807) is 19.2 Å². The van der Waals surface area contributed by atoms with Crippen molar-refractivity contribution in [2.75, 3.05) is 51.3 Å². The highest BCUT2D eigenvalue weighted by Crippen LogP contribution is 2.33. The summed E-state index contributed by atoms with van der Waals surface area (Å²) in [6.07, 6.45) is 3.14. The number of urea groups is 1. The molecule has 7 heteroatoms. The van der Waals surface area contributed by atoms with E-state index >= 15 is 0 Å². The molecule has 3 amide bonds. The molecule has 0 aromatic heterocycles. The fourth-order valence-electron chi connectivity index (χ4n) is 4.08. The minimum Gasteiger partial charge on any atom is -0.493 e. The molecule has 4 rings (SSSR count). The predicted molar refractivity (Wildman–Crippen MR) is 119 cm³/mol. The molecular formula is C24H29N3O4. The number of ether oxygens (including phenoxy) is 2. The van der Waals surface area contributed by atoms with Gasteiger partial charge in [-0.3, -0.25) is 19.5 Å². The maximum Gasteiger partial charge on any atom is 0.331 e. The number of nitrogens with zero attached hydrogens (tertiary/aromatic N) is 3. The van der Waals surface area contributed by atoms with Crippen molar-refractivity contribution >= 4 is 17.6 Å². The Kier molecular flexibility index (Phi) is 6.72. The number of hydrogen-bond donors (Lipinski definition) is 0. The largest absolute Gasteiger partial charge is 0.493 e. The van der Waals surface area contributed by atoms with Crippen LogP contribution in [0.3, 0.4) is 0 Å². The number of hydrogen-bond acceptors (Lipinski definition) is 5. The van der Waals surface area contributed by atoms with Crippen molar-refractivity contribution in [3.05, 3.63) is 54.1 Å². The average Bonchev–Trinajstić information content (AvgIpc) is 3.41. The van der Waals surface area contributed by atoms with E-state index in [1.165, 1.54) is 22.6 Å². The lowest BCUT2D eigenvalue weighted by atomic mass is 10.1. The molecule has 0 spiro atoms. The number of anilines is 1. The fraction of sp³-hybridized carbons (Fsp3) is 0.417. The molecule has 0 atom stereocenters. The van der Waals surface area contributed by atoms with Crippen molar-refractivity contribution < 1.29 is 19.1 Å². The first-order valence-electron chi connectivity index (χ1n) is 10.8. The molecule has 2 aromatic rings. The Morgan fingerprint density at radius 2 is 1.71 bits per heavy atom. The van der Waals surface area contributed by atoms with Crippen LogP contribution in [0.4, 0.5) is 10.5 Å². The van der Waals surface area contributed by atoms with Gasteiger partial charge in [0.05, 0.1) is 7.11 Å². The first kappa shape index (κ1) is 21.2. The molecule has 2 aliphatic heterocycles. The molecular weight excluding hydrogens is 394 g/mol. The zero-order valence-corrected chi connectivity index (χ0v) is 18.0. The van der Waals surface area contributed by atoms with Crippen LogP contribution in [-0.2, 0) is 11.2 Å². The van der Waals surface area contributed by atoms with E-state index in [0.29, 0.717) is 36.8 Å². The van der Waals surface area contributed by atoms with Crippen LogP contribution in [0.15, 0.2) is 48.5 Å². The third-order valence-corrected chi connectivity index (χ3v) is 5.85. The highest BCUT2D eigenvalue weighted by Gasteiger charge is 2.36. The number of carbonyl (C=O) groups excluding carboxylic acids is 2. The summed E-state index contributed by atoms with van der Waals surface area (Å²) in [5, 5.41) is 0.